The number of thiophene rings is 1. The summed E-state index contributed by atoms with van der Waals surface area (Å²) in [6, 6.07) is 10.7. The van der Waals surface area contributed by atoms with Crippen molar-refractivity contribution in [1.82, 2.24) is 9.62 Å². The highest BCUT2D eigenvalue weighted by atomic mass is 32.2. The van der Waals surface area contributed by atoms with Gasteiger partial charge in [-0.3, -0.25) is 4.79 Å². The number of benzene rings is 1. The van der Waals surface area contributed by atoms with Crippen LogP contribution in [-0.2, 0) is 21.4 Å². The van der Waals surface area contributed by atoms with Gasteiger partial charge in [0.25, 0.3) is 10.0 Å². The molecule has 1 aromatic heterocycles. The van der Waals surface area contributed by atoms with Crippen LogP contribution >= 0.6 is 11.3 Å². The Morgan fingerprint density at radius 3 is 2.52 bits per heavy atom. The Balaban J connectivity index is 1.67. The van der Waals surface area contributed by atoms with Crippen molar-refractivity contribution >= 4 is 33.0 Å². The largest absolute Gasteiger partial charge is 0.378 e. The molecule has 27 heavy (non-hydrogen) atoms. The summed E-state index contributed by atoms with van der Waals surface area (Å²) >= 11 is 1.24. The molecule has 6 nitrogen and oxygen atoms in total. The Kier molecular flexibility index (Phi) is 5.88. The molecule has 3 rings (SSSR count). The number of hydrogen-bond donors (Lipinski definition) is 1. The number of carbonyl (C=O) groups is 1. The molecule has 1 saturated heterocycles. The Morgan fingerprint density at radius 2 is 1.93 bits per heavy atom. The van der Waals surface area contributed by atoms with Crippen molar-refractivity contribution in [3.8, 4) is 0 Å². The zero-order valence-electron chi connectivity index (χ0n) is 15.8. The molecule has 0 radical (unpaired) electrons. The van der Waals surface area contributed by atoms with E-state index in [1.807, 2.05) is 50.2 Å². The molecule has 8 heteroatoms. The van der Waals surface area contributed by atoms with E-state index in [9.17, 15) is 13.2 Å². The predicted molar refractivity (Wildman–Crippen MR) is 109 cm³/mol. The summed E-state index contributed by atoms with van der Waals surface area (Å²) in [5.41, 5.74) is 2.07. The van der Waals surface area contributed by atoms with Crippen LogP contribution < -0.4 is 10.2 Å². The van der Waals surface area contributed by atoms with Gasteiger partial charge in [-0.15, -0.1) is 11.3 Å². The van der Waals surface area contributed by atoms with Crippen LogP contribution in [0.15, 0.2) is 40.6 Å². The average Bonchev–Trinajstić information content (AvgIpc) is 3.29. The van der Waals surface area contributed by atoms with Gasteiger partial charge in [0.05, 0.1) is 0 Å². The number of amides is 1. The molecule has 1 N–H and O–H groups in total. The molecule has 0 spiro atoms. The lowest BCUT2D eigenvalue weighted by atomic mass is 10.2. The summed E-state index contributed by atoms with van der Waals surface area (Å²) in [6.07, 6.45) is 1.24. The third-order valence-electron chi connectivity index (χ3n) is 4.70. The Bertz CT molecular complexity index is 905. The molecule has 1 fully saturated rings. The van der Waals surface area contributed by atoms with Crippen LogP contribution in [0, 0.1) is 6.92 Å². The van der Waals surface area contributed by atoms with E-state index in [4.69, 9.17) is 0 Å². The molecule has 0 aliphatic carbocycles. The quantitative estimate of drug-likeness (QED) is 0.799. The van der Waals surface area contributed by atoms with Gasteiger partial charge in [0.1, 0.15) is 10.3 Å². The monoisotopic (exact) mass is 407 g/mol. The summed E-state index contributed by atoms with van der Waals surface area (Å²) in [7, 11) is 0.322. The van der Waals surface area contributed by atoms with Crippen molar-refractivity contribution in [2.45, 2.75) is 36.6 Å². The number of rotatable bonds is 6. The number of anilines is 1. The number of carbonyl (C=O) groups excluding carboxylic acids is 1. The summed E-state index contributed by atoms with van der Waals surface area (Å²) < 4.78 is 27.4. The van der Waals surface area contributed by atoms with E-state index in [0.717, 1.165) is 16.1 Å². The molecule has 0 unspecified atom stereocenters. The number of nitrogens with one attached hydrogen (secondary N) is 1. The highest BCUT2D eigenvalue weighted by Crippen LogP contribution is 2.30. The van der Waals surface area contributed by atoms with Gasteiger partial charge in [0.2, 0.25) is 5.91 Å². The third kappa shape index (κ3) is 4.34. The molecule has 1 aromatic carbocycles. The number of sulfonamides is 1. The highest BCUT2D eigenvalue weighted by molar-refractivity contribution is 7.91. The lowest BCUT2D eigenvalue weighted by Crippen LogP contribution is -2.45. The SMILES string of the molecule is Cc1ccc(S(=O)(=O)N2CCC[C@@H]2C(=O)NCc2ccc(N(C)C)cc2)s1. The molecule has 2 heterocycles. The van der Waals surface area contributed by atoms with Crippen LogP contribution in [-0.4, -0.2) is 45.3 Å². The second-order valence-corrected chi connectivity index (χ2v) is 10.3. The Morgan fingerprint density at radius 1 is 1.22 bits per heavy atom. The van der Waals surface area contributed by atoms with Gasteiger partial charge in [0, 0.05) is 37.7 Å². The van der Waals surface area contributed by atoms with Gasteiger partial charge in [-0.2, -0.15) is 4.31 Å². The van der Waals surface area contributed by atoms with E-state index >= 15 is 0 Å². The maximum atomic E-state index is 12.9. The van der Waals surface area contributed by atoms with Crippen LogP contribution in [0.25, 0.3) is 0 Å². The zero-order chi connectivity index (χ0) is 19.6. The Labute approximate surface area is 164 Å². The minimum atomic E-state index is -3.62. The van der Waals surface area contributed by atoms with Gasteiger partial charge < -0.3 is 10.2 Å². The van der Waals surface area contributed by atoms with Crippen molar-refractivity contribution in [2.24, 2.45) is 0 Å². The maximum Gasteiger partial charge on any atom is 0.253 e. The van der Waals surface area contributed by atoms with E-state index in [2.05, 4.69) is 5.32 Å². The van der Waals surface area contributed by atoms with Crippen LogP contribution in [0.5, 0.6) is 0 Å². The molecule has 0 saturated carbocycles. The van der Waals surface area contributed by atoms with Gasteiger partial charge >= 0.3 is 0 Å². The third-order valence-corrected chi connectivity index (χ3v) is 8.08. The first-order valence-electron chi connectivity index (χ1n) is 8.91. The topological polar surface area (TPSA) is 69.7 Å². The molecule has 1 aliphatic rings. The van der Waals surface area contributed by atoms with E-state index in [-0.39, 0.29) is 5.91 Å². The minimum absolute atomic E-state index is 0.235. The van der Waals surface area contributed by atoms with Crippen molar-refractivity contribution in [2.75, 3.05) is 25.5 Å². The average molecular weight is 408 g/mol. The minimum Gasteiger partial charge on any atom is -0.378 e. The van der Waals surface area contributed by atoms with E-state index in [1.54, 1.807) is 12.1 Å². The normalized spacial score (nSPS) is 17.8. The summed E-state index contributed by atoms with van der Waals surface area (Å²) in [6.45, 7) is 2.64. The standard InChI is InChI=1S/C19H25N3O3S2/c1-14-6-11-18(26-14)27(24,25)22-12-4-5-17(22)19(23)20-13-15-7-9-16(10-8-15)21(2)3/h6-11,17H,4-5,12-13H2,1-3H3,(H,20,23)/t17-/m1/s1. The molecule has 2 aromatic rings. The molecule has 1 atom stereocenters. The number of nitrogens with zero attached hydrogens (tertiary/aromatic N) is 2. The van der Waals surface area contributed by atoms with Crippen LogP contribution in [0.4, 0.5) is 5.69 Å². The second-order valence-electron chi connectivity index (χ2n) is 6.92. The maximum absolute atomic E-state index is 12.9. The highest BCUT2D eigenvalue weighted by Gasteiger charge is 2.39. The molecular formula is C19H25N3O3S2. The molecule has 1 amide bonds. The predicted octanol–water partition coefficient (Wildman–Crippen LogP) is 2.59. The molecule has 1 aliphatic heterocycles. The zero-order valence-corrected chi connectivity index (χ0v) is 17.4. The summed E-state index contributed by atoms with van der Waals surface area (Å²) in [5, 5.41) is 2.89. The summed E-state index contributed by atoms with van der Waals surface area (Å²) in [4.78, 5) is 15.6. The van der Waals surface area contributed by atoms with E-state index in [0.29, 0.717) is 30.1 Å². The van der Waals surface area contributed by atoms with Crippen molar-refractivity contribution in [1.29, 1.82) is 0 Å². The lowest BCUT2D eigenvalue weighted by Gasteiger charge is -2.22. The fourth-order valence-corrected chi connectivity index (χ4v) is 6.24. The van der Waals surface area contributed by atoms with Gasteiger partial charge in [-0.05, 0) is 49.6 Å². The van der Waals surface area contributed by atoms with Crippen molar-refractivity contribution in [3.05, 3.63) is 46.8 Å². The number of hydrogen-bond acceptors (Lipinski definition) is 5. The first kappa shape index (κ1) is 19.9. The van der Waals surface area contributed by atoms with E-state index < -0.39 is 16.1 Å². The Hall–Kier alpha value is -1.90. The lowest BCUT2D eigenvalue weighted by molar-refractivity contribution is -0.124. The van der Waals surface area contributed by atoms with Crippen molar-refractivity contribution < 1.29 is 13.2 Å². The first-order chi connectivity index (χ1) is 12.8. The van der Waals surface area contributed by atoms with Gasteiger partial charge in [-0.1, -0.05) is 12.1 Å². The van der Waals surface area contributed by atoms with Gasteiger partial charge in [0.15, 0.2) is 0 Å². The van der Waals surface area contributed by atoms with Gasteiger partial charge in [-0.25, -0.2) is 8.42 Å². The molecule has 146 valence electrons. The van der Waals surface area contributed by atoms with E-state index in [1.165, 1.54) is 15.6 Å². The number of aryl methyl sites for hydroxylation is 1. The van der Waals surface area contributed by atoms with Crippen LogP contribution in [0.3, 0.4) is 0 Å². The fraction of sp³-hybridized carbons (Fsp3) is 0.421. The summed E-state index contributed by atoms with van der Waals surface area (Å²) in [5.74, 6) is -0.235. The van der Waals surface area contributed by atoms with Crippen LogP contribution in [0.1, 0.15) is 23.3 Å². The smallest absolute Gasteiger partial charge is 0.253 e. The molecule has 0 bridgehead atoms. The fourth-order valence-electron chi connectivity index (χ4n) is 3.18. The molecular weight excluding hydrogens is 382 g/mol. The second kappa shape index (κ2) is 8.00. The van der Waals surface area contributed by atoms with Crippen molar-refractivity contribution in [3.63, 3.8) is 0 Å². The first-order valence-corrected chi connectivity index (χ1v) is 11.2. The van der Waals surface area contributed by atoms with Crippen LogP contribution in [0.2, 0.25) is 0 Å².